The molecule has 3 saturated heterocycles. The minimum Gasteiger partial charge on any atom is -0.444 e. The van der Waals surface area contributed by atoms with Gasteiger partial charge in [-0.25, -0.2) is 9.18 Å². The van der Waals surface area contributed by atoms with Crippen LogP contribution in [0.5, 0.6) is 0 Å². The molecule has 4 rings (SSSR count). The molecule has 3 aliphatic heterocycles. The van der Waals surface area contributed by atoms with Crippen molar-refractivity contribution < 1.29 is 18.7 Å². The van der Waals surface area contributed by atoms with E-state index in [-0.39, 0.29) is 12.2 Å². The van der Waals surface area contributed by atoms with E-state index in [1.54, 1.807) is 12.1 Å². The molecule has 3 heterocycles. The molecule has 0 saturated carbocycles. The van der Waals surface area contributed by atoms with Gasteiger partial charge in [0.2, 0.25) is 5.91 Å². The smallest absolute Gasteiger partial charge is 0.414 e. The van der Waals surface area contributed by atoms with E-state index in [9.17, 15) is 14.0 Å². The fraction of sp³-hybridized carbons (Fsp3) is 0.556. The summed E-state index contributed by atoms with van der Waals surface area (Å²) in [5.41, 5.74) is 6.21. The fourth-order valence-corrected chi connectivity index (χ4v) is 5.49. The number of ether oxygens (including phenoxy) is 1. The highest BCUT2D eigenvalue weighted by Gasteiger charge is 2.38. The molecule has 0 radical (unpaired) electrons. The van der Waals surface area contributed by atoms with E-state index in [0.717, 1.165) is 24.6 Å². The summed E-state index contributed by atoms with van der Waals surface area (Å²) >= 11 is 1.99. The number of benzene rings is 1. The maximum atomic E-state index is 14.7. The molecule has 0 aromatic heterocycles. The molecule has 3 atom stereocenters. The van der Waals surface area contributed by atoms with Crippen LogP contribution in [0.15, 0.2) is 18.2 Å². The minimum atomic E-state index is -0.514. The molecule has 1 aromatic rings. The number of halogens is 1. The molecule has 2 N–H and O–H groups in total. The number of nitrogens with zero attached hydrogens (tertiary/aromatic N) is 2. The van der Waals surface area contributed by atoms with Gasteiger partial charge in [0.05, 0.1) is 17.9 Å². The lowest BCUT2D eigenvalue weighted by Crippen LogP contribution is -2.26. The van der Waals surface area contributed by atoms with Crippen LogP contribution in [0.25, 0.3) is 0 Å². The zero-order valence-corrected chi connectivity index (χ0v) is 15.2. The van der Waals surface area contributed by atoms with Crippen LogP contribution in [0.2, 0.25) is 0 Å². The van der Waals surface area contributed by atoms with Gasteiger partial charge in [-0.05, 0) is 48.0 Å². The quantitative estimate of drug-likeness (QED) is 0.849. The Kier molecular flexibility index (Phi) is 4.69. The molecule has 8 heteroatoms. The van der Waals surface area contributed by atoms with Gasteiger partial charge in [-0.15, -0.1) is 0 Å². The first-order valence-corrected chi connectivity index (χ1v) is 10.1. The third kappa shape index (κ3) is 3.34. The van der Waals surface area contributed by atoms with Crippen LogP contribution in [0, 0.1) is 17.7 Å². The number of carbonyl (C=O) groups is 2. The summed E-state index contributed by atoms with van der Waals surface area (Å²) < 4.78 is 20.0. The lowest BCUT2D eigenvalue weighted by Gasteiger charge is -2.22. The topological polar surface area (TPSA) is 75.9 Å². The molecule has 3 aliphatic rings. The summed E-state index contributed by atoms with van der Waals surface area (Å²) in [6.07, 6.45) is -0.367. The lowest BCUT2D eigenvalue weighted by molar-refractivity contribution is -0.118. The van der Waals surface area contributed by atoms with Crippen molar-refractivity contribution in [2.45, 2.75) is 18.9 Å². The number of anilines is 2. The molecule has 3 fully saturated rings. The Bertz CT molecular complexity index is 720. The Hall–Kier alpha value is -1.96. The van der Waals surface area contributed by atoms with Gasteiger partial charge in [-0.1, -0.05) is 0 Å². The highest BCUT2D eigenvalue weighted by Crippen LogP contribution is 2.39. The van der Waals surface area contributed by atoms with Crippen LogP contribution >= 0.6 is 11.8 Å². The summed E-state index contributed by atoms with van der Waals surface area (Å²) in [6, 6.07) is 4.91. The van der Waals surface area contributed by atoms with Crippen LogP contribution in [0.4, 0.5) is 20.6 Å². The Morgan fingerprint density at radius 3 is 2.65 bits per heavy atom. The second kappa shape index (κ2) is 6.98. The van der Waals surface area contributed by atoms with Crippen LogP contribution in [0.3, 0.4) is 0 Å². The second-order valence-corrected chi connectivity index (χ2v) is 8.29. The van der Waals surface area contributed by atoms with Crippen LogP contribution in [-0.2, 0) is 9.53 Å². The maximum Gasteiger partial charge on any atom is 0.414 e. The number of thioether (sulfide) groups is 1. The van der Waals surface area contributed by atoms with Gasteiger partial charge < -0.3 is 15.4 Å². The number of fused-ring (bicyclic) bond motifs is 1. The molecule has 26 heavy (non-hydrogen) atoms. The van der Waals surface area contributed by atoms with Crippen molar-refractivity contribution in [1.29, 1.82) is 0 Å². The van der Waals surface area contributed by atoms with E-state index in [1.165, 1.54) is 11.0 Å². The van der Waals surface area contributed by atoms with Gasteiger partial charge in [0.15, 0.2) is 0 Å². The first-order chi connectivity index (χ1) is 12.5. The molecule has 0 aliphatic carbocycles. The maximum absolute atomic E-state index is 14.7. The summed E-state index contributed by atoms with van der Waals surface area (Å²) in [5.74, 6) is 2.88. The minimum absolute atomic E-state index is 0.161. The molecular weight excluding hydrogens is 357 g/mol. The molecular formula is C18H22FN3O3S. The molecule has 0 bridgehead atoms. The SMILES string of the molecule is NC(=O)CCC1CN(c2ccc(N3CC4CSCC4C3)c(F)c2)C(=O)O1. The molecule has 2 amide bonds. The number of rotatable bonds is 5. The third-order valence-electron chi connectivity index (χ3n) is 5.41. The molecule has 0 spiro atoms. The lowest BCUT2D eigenvalue weighted by atomic mass is 10.0. The van der Waals surface area contributed by atoms with E-state index in [4.69, 9.17) is 10.5 Å². The van der Waals surface area contributed by atoms with Crippen molar-refractivity contribution in [3.8, 4) is 0 Å². The van der Waals surface area contributed by atoms with E-state index in [0.29, 0.717) is 36.2 Å². The second-order valence-electron chi connectivity index (χ2n) is 7.22. The predicted molar refractivity (Wildman–Crippen MR) is 99.0 cm³/mol. The van der Waals surface area contributed by atoms with Gasteiger partial charge in [-0.3, -0.25) is 9.69 Å². The van der Waals surface area contributed by atoms with Crippen molar-refractivity contribution in [3.63, 3.8) is 0 Å². The molecule has 140 valence electrons. The fourth-order valence-electron chi connectivity index (χ4n) is 3.99. The number of hydrogen-bond donors (Lipinski definition) is 1. The number of cyclic esters (lactones) is 1. The highest BCUT2D eigenvalue weighted by atomic mass is 32.2. The Labute approximate surface area is 155 Å². The standard InChI is InChI=1S/C18H22FN3O3S/c19-15-5-13(22-8-14(25-18(22)24)2-4-17(20)23)1-3-16(15)21-6-11-9-26-10-12(11)7-21/h1,3,5,11-12,14H,2,4,6-10H2,(H2,20,23). The summed E-state index contributed by atoms with van der Waals surface area (Å²) in [7, 11) is 0. The van der Waals surface area contributed by atoms with Gasteiger partial charge in [0.1, 0.15) is 11.9 Å². The van der Waals surface area contributed by atoms with E-state index >= 15 is 0 Å². The third-order valence-corrected chi connectivity index (χ3v) is 6.74. The van der Waals surface area contributed by atoms with Crippen molar-refractivity contribution >= 4 is 35.1 Å². The number of nitrogens with two attached hydrogens (primary N) is 1. The number of hydrogen-bond acceptors (Lipinski definition) is 5. The Morgan fingerprint density at radius 1 is 1.27 bits per heavy atom. The number of primary amides is 1. The van der Waals surface area contributed by atoms with Crippen molar-refractivity contribution in [3.05, 3.63) is 24.0 Å². The zero-order chi connectivity index (χ0) is 18.3. The Morgan fingerprint density at radius 2 is 2.00 bits per heavy atom. The monoisotopic (exact) mass is 379 g/mol. The van der Waals surface area contributed by atoms with Gasteiger partial charge >= 0.3 is 6.09 Å². The zero-order valence-electron chi connectivity index (χ0n) is 14.4. The highest BCUT2D eigenvalue weighted by molar-refractivity contribution is 7.99. The van der Waals surface area contributed by atoms with E-state index in [1.807, 2.05) is 11.8 Å². The average Bonchev–Trinajstić information content (AvgIpc) is 3.27. The van der Waals surface area contributed by atoms with Crippen LogP contribution in [0.1, 0.15) is 12.8 Å². The van der Waals surface area contributed by atoms with E-state index in [2.05, 4.69) is 4.90 Å². The van der Waals surface area contributed by atoms with Crippen molar-refractivity contribution in [2.75, 3.05) is 40.9 Å². The first-order valence-electron chi connectivity index (χ1n) is 8.90. The summed E-state index contributed by atoms with van der Waals surface area (Å²) in [5, 5.41) is 0. The van der Waals surface area contributed by atoms with Gasteiger partial charge in [-0.2, -0.15) is 11.8 Å². The largest absolute Gasteiger partial charge is 0.444 e. The number of carbonyl (C=O) groups excluding carboxylic acids is 2. The number of amides is 2. The van der Waals surface area contributed by atoms with Crippen LogP contribution < -0.4 is 15.5 Å². The molecule has 6 nitrogen and oxygen atoms in total. The van der Waals surface area contributed by atoms with Crippen molar-refractivity contribution in [2.24, 2.45) is 17.6 Å². The molecule has 1 aromatic carbocycles. The first kappa shape index (κ1) is 17.5. The molecule has 3 unspecified atom stereocenters. The van der Waals surface area contributed by atoms with Gasteiger partial charge in [0.25, 0.3) is 0 Å². The average molecular weight is 379 g/mol. The Balaban J connectivity index is 1.44. The summed E-state index contributed by atoms with van der Waals surface area (Å²) in [4.78, 5) is 26.5. The van der Waals surface area contributed by atoms with E-state index < -0.39 is 18.1 Å². The van der Waals surface area contributed by atoms with Gasteiger partial charge in [0, 0.05) is 19.5 Å². The summed E-state index contributed by atoms with van der Waals surface area (Å²) in [6.45, 7) is 2.10. The van der Waals surface area contributed by atoms with Crippen molar-refractivity contribution in [1.82, 2.24) is 0 Å². The predicted octanol–water partition coefficient (Wildman–Crippen LogP) is 2.22. The normalized spacial score (nSPS) is 27.7. The van der Waals surface area contributed by atoms with Crippen LogP contribution in [-0.4, -0.2) is 49.2 Å².